The Labute approximate surface area is 225 Å². The summed E-state index contributed by atoms with van der Waals surface area (Å²) in [5.41, 5.74) is -0.830. The standard InChI is InChI=1S/C27H56N4O6/c1-8-24(23-27(2,3)26(35)37-22-18-31(15-19-32)16-20-33)25(34)36-21-17-30(13-9-11-28(4)5)14-10-12-29(6)7/h24,32-33H,8-23H2,1-7H3. The molecular formula is C27H56N4O6. The predicted molar refractivity (Wildman–Crippen MR) is 147 cm³/mol. The van der Waals surface area contributed by atoms with Crippen LogP contribution in [0, 0.1) is 11.3 Å². The molecule has 0 aromatic rings. The minimum Gasteiger partial charge on any atom is -0.464 e. The number of carbonyl (C=O) groups is 2. The van der Waals surface area contributed by atoms with Crippen LogP contribution in [-0.2, 0) is 19.1 Å². The molecule has 0 fully saturated rings. The van der Waals surface area contributed by atoms with Gasteiger partial charge in [-0.25, -0.2) is 0 Å². The number of ether oxygens (including phenoxy) is 2. The summed E-state index contributed by atoms with van der Waals surface area (Å²) in [6.45, 7) is 11.9. The first kappa shape index (κ1) is 35.7. The highest BCUT2D eigenvalue weighted by molar-refractivity contribution is 5.78. The van der Waals surface area contributed by atoms with E-state index in [4.69, 9.17) is 19.7 Å². The normalized spacial score (nSPS) is 13.1. The molecule has 0 spiro atoms. The first-order valence-corrected chi connectivity index (χ1v) is 13.8. The highest BCUT2D eigenvalue weighted by Crippen LogP contribution is 2.29. The molecule has 10 nitrogen and oxygen atoms in total. The van der Waals surface area contributed by atoms with Gasteiger partial charge in [-0.15, -0.1) is 0 Å². The third-order valence-corrected chi connectivity index (χ3v) is 6.42. The fourth-order valence-corrected chi connectivity index (χ4v) is 4.12. The third-order valence-electron chi connectivity index (χ3n) is 6.42. The van der Waals surface area contributed by atoms with Crippen molar-refractivity contribution in [3.63, 3.8) is 0 Å². The molecule has 0 amide bonds. The first-order chi connectivity index (χ1) is 17.5. The van der Waals surface area contributed by atoms with Gasteiger partial charge in [-0.1, -0.05) is 6.92 Å². The predicted octanol–water partition coefficient (Wildman–Crippen LogP) is 1.01. The van der Waals surface area contributed by atoms with Crippen LogP contribution < -0.4 is 0 Å². The van der Waals surface area contributed by atoms with Crippen LogP contribution in [0.15, 0.2) is 0 Å². The minimum atomic E-state index is -0.830. The lowest BCUT2D eigenvalue weighted by Crippen LogP contribution is -2.37. The molecule has 0 aliphatic heterocycles. The van der Waals surface area contributed by atoms with Crippen LogP contribution in [0.5, 0.6) is 0 Å². The molecule has 0 aliphatic rings. The van der Waals surface area contributed by atoms with Crippen molar-refractivity contribution in [3.05, 3.63) is 0 Å². The van der Waals surface area contributed by atoms with Crippen molar-refractivity contribution in [2.24, 2.45) is 11.3 Å². The number of hydrogen-bond acceptors (Lipinski definition) is 10. The third kappa shape index (κ3) is 17.8. The molecule has 0 radical (unpaired) electrons. The molecule has 0 aromatic heterocycles. The van der Waals surface area contributed by atoms with Crippen LogP contribution in [0.2, 0.25) is 0 Å². The molecule has 0 bridgehead atoms. The van der Waals surface area contributed by atoms with E-state index < -0.39 is 5.41 Å². The highest BCUT2D eigenvalue weighted by Gasteiger charge is 2.35. The van der Waals surface area contributed by atoms with Crippen LogP contribution in [-0.4, -0.2) is 149 Å². The van der Waals surface area contributed by atoms with E-state index in [0.29, 0.717) is 45.6 Å². The summed E-state index contributed by atoms with van der Waals surface area (Å²) in [5.74, 6) is -1.000. The summed E-state index contributed by atoms with van der Waals surface area (Å²) in [6, 6.07) is 0. The molecular weight excluding hydrogens is 476 g/mol. The SMILES string of the molecule is CCC(CC(C)(C)C(=O)OCCN(CCO)CCO)C(=O)OCCN(CCCN(C)C)CCCN(C)C. The van der Waals surface area contributed by atoms with E-state index >= 15 is 0 Å². The average molecular weight is 533 g/mol. The zero-order valence-electron chi connectivity index (χ0n) is 24.7. The largest absolute Gasteiger partial charge is 0.464 e. The van der Waals surface area contributed by atoms with Gasteiger partial charge in [0.25, 0.3) is 0 Å². The maximum absolute atomic E-state index is 12.8. The Bertz CT molecular complexity index is 583. The zero-order valence-corrected chi connectivity index (χ0v) is 24.7. The number of carbonyl (C=O) groups excluding carboxylic acids is 2. The van der Waals surface area contributed by atoms with Gasteiger partial charge in [0.15, 0.2) is 0 Å². The summed E-state index contributed by atoms with van der Waals surface area (Å²) in [5, 5.41) is 18.2. The van der Waals surface area contributed by atoms with E-state index in [2.05, 4.69) is 42.9 Å². The first-order valence-electron chi connectivity index (χ1n) is 13.8. The number of aliphatic hydroxyl groups excluding tert-OH is 2. The van der Waals surface area contributed by atoms with E-state index in [-0.39, 0.29) is 37.7 Å². The molecule has 0 saturated carbocycles. The van der Waals surface area contributed by atoms with Crippen molar-refractivity contribution < 1.29 is 29.3 Å². The monoisotopic (exact) mass is 532 g/mol. The van der Waals surface area contributed by atoms with Gasteiger partial charge in [0.05, 0.1) is 24.5 Å². The van der Waals surface area contributed by atoms with Crippen molar-refractivity contribution in [2.75, 3.05) is 107 Å². The van der Waals surface area contributed by atoms with Crippen LogP contribution >= 0.6 is 0 Å². The number of esters is 2. The smallest absolute Gasteiger partial charge is 0.311 e. The Hall–Kier alpha value is -1.30. The second-order valence-corrected chi connectivity index (χ2v) is 10.9. The Morgan fingerprint density at radius 2 is 1.19 bits per heavy atom. The fraction of sp³-hybridized carbons (Fsp3) is 0.926. The van der Waals surface area contributed by atoms with Gasteiger partial charge >= 0.3 is 11.9 Å². The van der Waals surface area contributed by atoms with E-state index in [1.165, 1.54) is 0 Å². The molecule has 10 heteroatoms. The summed E-state index contributed by atoms with van der Waals surface area (Å²) in [6.07, 6.45) is 3.07. The Kier molecular flexibility index (Phi) is 19.9. The lowest BCUT2D eigenvalue weighted by Gasteiger charge is -2.28. The summed E-state index contributed by atoms with van der Waals surface area (Å²) in [4.78, 5) is 34.1. The molecule has 37 heavy (non-hydrogen) atoms. The Morgan fingerprint density at radius 3 is 1.62 bits per heavy atom. The maximum Gasteiger partial charge on any atom is 0.311 e. The van der Waals surface area contributed by atoms with Crippen LogP contribution in [0.4, 0.5) is 0 Å². The van der Waals surface area contributed by atoms with Crippen molar-refractivity contribution in [2.45, 2.75) is 46.5 Å². The van der Waals surface area contributed by atoms with Crippen molar-refractivity contribution in [3.8, 4) is 0 Å². The van der Waals surface area contributed by atoms with E-state index in [9.17, 15) is 9.59 Å². The van der Waals surface area contributed by atoms with Crippen LogP contribution in [0.3, 0.4) is 0 Å². The Balaban J connectivity index is 4.70. The number of hydrogen-bond donors (Lipinski definition) is 2. The van der Waals surface area contributed by atoms with Crippen LogP contribution in [0.25, 0.3) is 0 Å². The van der Waals surface area contributed by atoms with Gasteiger partial charge in [-0.2, -0.15) is 0 Å². The maximum atomic E-state index is 12.8. The van der Waals surface area contributed by atoms with E-state index in [0.717, 1.165) is 39.0 Å². The van der Waals surface area contributed by atoms with Gasteiger partial charge in [0.1, 0.15) is 13.2 Å². The molecule has 0 saturated heterocycles. The van der Waals surface area contributed by atoms with Gasteiger partial charge in [-0.3, -0.25) is 19.4 Å². The number of aliphatic hydroxyl groups is 2. The molecule has 220 valence electrons. The number of rotatable bonds is 23. The van der Waals surface area contributed by atoms with E-state index in [1.54, 1.807) is 13.8 Å². The lowest BCUT2D eigenvalue weighted by molar-refractivity contribution is -0.158. The zero-order chi connectivity index (χ0) is 28.3. The molecule has 0 aromatic carbocycles. The van der Waals surface area contributed by atoms with Gasteiger partial charge in [0.2, 0.25) is 0 Å². The summed E-state index contributed by atoms with van der Waals surface area (Å²) >= 11 is 0. The molecule has 1 atom stereocenters. The molecule has 0 rings (SSSR count). The van der Waals surface area contributed by atoms with Crippen molar-refractivity contribution in [1.82, 2.24) is 19.6 Å². The fourth-order valence-electron chi connectivity index (χ4n) is 4.12. The molecule has 1 unspecified atom stereocenters. The van der Waals surface area contributed by atoms with Gasteiger partial charge < -0.3 is 29.5 Å². The highest BCUT2D eigenvalue weighted by atomic mass is 16.5. The minimum absolute atomic E-state index is 0.0241. The lowest BCUT2D eigenvalue weighted by atomic mass is 9.81. The average Bonchev–Trinajstić information content (AvgIpc) is 2.81. The number of nitrogens with zero attached hydrogens (tertiary/aromatic N) is 4. The van der Waals surface area contributed by atoms with Gasteiger partial charge in [0, 0.05) is 26.2 Å². The molecule has 0 heterocycles. The molecule has 0 aliphatic carbocycles. The van der Waals surface area contributed by atoms with Crippen LogP contribution in [0.1, 0.15) is 46.5 Å². The Morgan fingerprint density at radius 1 is 0.730 bits per heavy atom. The quantitative estimate of drug-likeness (QED) is 0.185. The summed E-state index contributed by atoms with van der Waals surface area (Å²) < 4.78 is 11.1. The van der Waals surface area contributed by atoms with Gasteiger partial charge in [-0.05, 0) is 93.9 Å². The summed E-state index contributed by atoms with van der Waals surface area (Å²) in [7, 11) is 8.29. The van der Waals surface area contributed by atoms with Crippen molar-refractivity contribution in [1.29, 1.82) is 0 Å². The second kappa shape index (κ2) is 20.6. The van der Waals surface area contributed by atoms with Crippen molar-refractivity contribution >= 4 is 11.9 Å². The molecule has 2 N–H and O–H groups in total. The second-order valence-electron chi connectivity index (χ2n) is 10.9. The van der Waals surface area contributed by atoms with E-state index in [1.807, 2.05) is 11.8 Å². The topological polar surface area (TPSA) is 106 Å².